The lowest BCUT2D eigenvalue weighted by atomic mass is 10.0. The highest BCUT2D eigenvalue weighted by atomic mass is 16.6. The van der Waals surface area contributed by atoms with Crippen molar-refractivity contribution in [3.05, 3.63) is 69.1 Å². The number of carbonyl (C=O) groups excluding carboxylic acids is 3. The normalized spacial score (nSPS) is 11.6. The topological polar surface area (TPSA) is 181 Å². The molecule has 2 amide bonds. The summed E-state index contributed by atoms with van der Waals surface area (Å²) in [5.74, 6) is -0.763. The van der Waals surface area contributed by atoms with Crippen LogP contribution in [0.15, 0.2) is 50.2 Å². The molecule has 0 fully saturated rings. The number of rotatable bonds is 20. The average molecular weight is 695 g/mol. The molecule has 0 aliphatic carbocycles. The van der Waals surface area contributed by atoms with Gasteiger partial charge in [-0.05, 0) is 92.7 Å². The van der Waals surface area contributed by atoms with Gasteiger partial charge >= 0.3 is 11.6 Å². The summed E-state index contributed by atoms with van der Waals surface area (Å²) in [7, 11) is 0. The van der Waals surface area contributed by atoms with Crippen LogP contribution >= 0.6 is 0 Å². The first-order valence-electron chi connectivity index (χ1n) is 16.8. The number of fused-ring (bicyclic) bond motifs is 2. The van der Waals surface area contributed by atoms with Gasteiger partial charge < -0.3 is 34.0 Å². The minimum atomic E-state index is -0.552. The maximum Gasteiger partial charge on any atom is 0.340 e. The first kappa shape index (κ1) is 38.1. The Morgan fingerprint density at radius 1 is 0.820 bits per heavy atom. The van der Waals surface area contributed by atoms with Gasteiger partial charge in [-0.25, -0.2) is 9.42 Å². The summed E-state index contributed by atoms with van der Waals surface area (Å²) in [5.41, 5.74) is 2.80. The minimum Gasteiger partial charge on any atom is -0.460 e. The van der Waals surface area contributed by atoms with E-state index < -0.39 is 11.2 Å². The second-order valence-corrected chi connectivity index (χ2v) is 12.7. The monoisotopic (exact) mass is 694 g/mol. The van der Waals surface area contributed by atoms with Gasteiger partial charge in [-0.3, -0.25) is 14.4 Å². The van der Waals surface area contributed by atoms with Crippen molar-refractivity contribution in [2.45, 2.75) is 65.4 Å². The van der Waals surface area contributed by atoms with E-state index >= 15 is 0 Å². The number of carbonyl (C=O) groups is 3. The molecule has 2 aromatic heterocycles. The summed E-state index contributed by atoms with van der Waals surface area (Å²) in [6.07, 6.45) is 1.85. The maximum atomic E-state index is 12.7. The number of amides is 2. The molecular formula is C36H46N4O10. The SMILES string of the molecule is Cc1c(CC(=O)NCCCOCCOCCOCCCNC(=O)c2ccc3nonc3c2)c(=O)oc2cc(CCC(=O)OC(C)(C)C)ccc12. The molecule has 2 heterocycles. The highest BCUT2D eigenvalue weighted by Crippen LogP contribution is 2.22. The molecule has 0 saturated heterocycles. The molecule has 0 radical (unpaired) electrons. The molecule has 0 saturated carbocycles. The summed E-state index contributed by atoms with van der Waals surface area (Å²) in [6, 6.07) is 10.5. The Kier molecular flexibility index (Phi) is 14.4. The van der Waals surface area contributed by atoms with Gasteiger partial charge in [-0.15, -0.1) is 0 Å². The number of aryl methyl sites for hydroxylation is 2. The lowest BCUT2D eigenvalue weighted by Gasteiger charge is -2.19. The van der Waals surface area contributed by atoms with Crippen LogP contribution < -0.4 is 16.3 Å². The largest absolute Gasteiger partial charge is 0.460 e. The molecule has 0 unspecified atom stereocenters. The molecule has 0 spiro atoms. The van der Waals surface area contributed by atoms with Gasteiger partial charge in [0, 0.05) is 43.7 Å². The van der Waals surface area contributed by atoms with Crippen LogP contribution in [0.1, 0.15) is 67.1 Å². The lowest BCUT2D eigenvalue weighted by Crippen LogP contribution is -2.29. The zero-order valence-electron chi connectivity index (χ0n) is 29.1. The minimum absolute atomic E-state index is 0.0880. The third kappa shape index (κ3) is 12.3. The smallest absolute Gasteiger partial charge is 0.340 e. The fraction of sp³-hybridized carbons (Fsp3) is 0.500. The molecule has 0 atom stereocenters. The molecule has 2 aromatic carbocycles. The third-order valence-electron chi connectivity index (χ3n) is 7.53. The van der Waals surface area contributed by atoms with E-state index in [2.05, 4.69) is 25.6 Å². The van der Waals surface area contributed by atoms with Crippen molar-refractivity contribution in [1.29, 1.82) is 0 Å². The molecular weight excluding hydrogens is 648 g/mol. The summed E-state index contributed by atoms with van der Waals surface area (Å²) in [5, 5.41) is 13.9. The van der Waals surface area contributed by atoms with Crippen molar-refractivity contribution in [3.8, 4) is 0 Å². The van der Waals surface area contributed by atoms with Crippen molar-refractivity contribution in [3.63, 3.8) is 0 Å². The van der Waals surface area contributed by atoms with E-state index in [1.807, 2.05) is 32.9 Å². The van der Waals surface area contributed by atoms with Crippen LogP contribution in [-0.2, 0) is 41.4 Å². The molecule has 270 valence electrons. The number of aromatic nitrogens is 2. The molecule has 2 N–H and O–H groups in total. The Morgan fingerprint density at radius 2 is 1.48 bits per heavy atom. The van der Waals surface area contributed by atoms with Crippen molar-refractivity contribution >= 4 is 39.8 Å². The molecule has 0 aliphatic rings. The number of esters is 1. The zero-order chi connectivity index (χ0) is 35.9. The quantitative estimate of drug-likeness (QED) is 0.0777. The maximum absolute atomic E-state index is 12.7. The fourth-order valence-corrected chi connectivity index (χ4v) is 5.01. The fourth-order valence-electron chi connectivity index (χ4n) is 5.01. The summed E-state index contributed by atoms with van der Waals surface area (Å²) >= 11 is 0. The number of nitrogens with one attached hydrogen (secondary N) is 2. The number of hydrogen-bond donors (Lipinski definition) is 2. The molecule has 0 bridgehead atoms. The van der Waals surface area contributed by atoms with E-state index in [1.165, 1.54) is 0 Å². The van der Waals surface area contributed by atoms with Crippen LogP contribution in [0.2, 0.25) is 0 Å². The van der Waals surface area contributed by atoms with Crippen LogP contribution in [0, 0.1) is 6.92 Å². The standard InChI is InChI=1S/C36H46N4O10/c1-24-27-10-7-25(8-12-33(42)49-36(2,3)4)21-31(27)48-35(44)28(24)23-32(41)37-13-5-15-45-17-19-47-20-18-46-16-6-14-38-34(43)26-9-11-29-30(22-26)40-50-39-29/h7,9-11,21-22H,5-6,8,12-20,23H2,1-4H3,(H,37,41)(H,38,43). The molecule has 4 rings (SSSR count). The van der Waals surface area contributed by atoms with Gasteiger partial charge in [0.2, 0.25) is 5.91 Å². The Bertz CT molecular complexity index is 1790. The molecule has 0 aliphatic heterocycles. The van der Waals surface area contributed by atoms with Gasteiger partial charge in [0.25, 0.3) is 5.91 Å². The Hall–Kier alpha value is -4.66. The van der Waals surface area contributed by atoms with Crippen molar-refractivity contribution in [2.24, 2.45) is 0 Å². The van der Waals surface area contributed by atoms with Crippen LogP contribution in [0.5, 0.6) is 0 Å². The Labute approximate surface area is 290 Å². The second-order valence-electron chi connectivity index (χ2n) is 12.7. The van der Waals surface area contributed by atoms with Crippen molar-refractivity contribution in [2.75, 3.05) is 52.7 Å². The zero-order valence-corrected chi connectivity index (χ0v) is 29.1. The summed E-state index contributed by atoms with van der Waals surface area (Å²) in [6.45, 7) is 10.8. The van der Waals surface area contributed by atoms with Crippen LogP contribution in [0.3, 0.4) is 0 Å². The molecule has 50 heavy (non-hydrogen) atoms. The number of nitrogens with zero attached hydrogens (tertiary/aromatic N) is 2. The van der Waals surface area contributed by atoms with E-state index in [0.29, 0.717) is 105 Å². The van der Waals surface area contributed by atoms with Gasteiger partial charge in [0.05, 0.1) is 38.4 Å². The van der Waals surface area contributed by atoms with Gasteiger partial charge in [0.15, 0.2) is 0 Å². The molecule has 14 heteroatoms. The van der Waals surface area contributed by atoms with Crippen LogP contribution in [0.25, 0.3) is 22.0 Å². The Morgan fingerprint density at radius 3 is 2.18 bits per heavy atom. The van der Waals surface area contributed by atoms with E-state index in [-0.39, 0.29) is 30.6 Å². The molecule has 4 aromatic rings. The summed E-state index contributed by atoms with van der Waals surface area (Å²) in [4.78, 5) is 49.6. The highest BCUT2D eigenvalue weighted by Gasteiger charge is 2.18. The first-order chi connectivity index (χ1) is 24.0. The van der Waals surface area contributed by atoms with E-state index in [9.17, 15) is 19.2 Å². The third-order valence-corrected chi connectivity index (χ3v) is 7.53. The molecule has 14 nitrogen and oxygen atoms in total. The van der Waals surface area contributed by atoms with Gasteiger partial charge in [0.1, 0.15) is 22.2 Å². The predicted molar refractivity (Wildman–Crippen MR) is 184 cm³/mol. The van der Waals surface area contributed by atoms with Crippen molar-refractivity contribution in [1.82, 2.24) is 20.9 Å². The Balaban J connectivity index is 1.01. The number of benzene rings is 2. The van der Waals surface area contributed by atoms with E-state index in [1.54, 1.807) is 31.2 Å². The first-order valence-corrected chi connectivity index (χ1v) is 16.8. The average Bonchev–Trinajstić information content (AvgIpc) is 3.54. The summed E-state index contributed by atoms with van der Waals surface area (Å²) < 4.78 is 32.2. The van der Waals surface area contributed by atoms with Crippen LogP contribution in [0.4, 0.5) is 0 Å². The number of hydrogen-bond acceptors (Lipinski definition) is 12. The highest BCUT2D eigenvalue weighted by molar-refractivity contribution is 5.97. The van der Waals surface area contributed by atoms with E-state index in [4.69, 9.17) is 23.4 Å². The predicted octanol–water partition coefficient (Wildman–Crippen LogP) is 3.83. The number of ether oxygens (including phenoxy) is 4. The van der Waals surface area contributed by atoms with Gasteiger partial charge in [-0.1, -0.05) is 12.1 Å². The van der Waals surface area contributed by atoms with Gasteiger partial charge in [-0.2, -0.15) is 0 Å². The lowest BCUT2D eigenvalue weighted by molar-refractivity contribution is -0.154. The second kappa shape index (κ2) is 18.9. The van der Waals surface area contributed by atoms with E-state index in [0.717, 1.165) is 10.9 Å². The van der Waals surface area contributed by atoms with Crippen molar-refractivity contribution < 1.29 is 42.4 Å². The van der Waals surface area contributed by atoms with Crippen LogP contribution in [-0.4, -0.2) is 86.4 Å².